The van der Waals surface area contributed by atoms with E-state index in [1.807, 2.05) is 0 Å². The molecule has 6 nitrogen and oxygen atoms in total. The number of carbonyl (C=O) groups is 1. The summed E-state index contributed by atoms with van der Waals surface area (Å²) in [6, 6.07) is 0. The van der Waals surface area contributed by atoms with Crippen LogP contribution in [0.1, 0.15) is 13.8 Å². The van der Waals surface area contributed by atoms with Crippen LogP contribution in [0.3, 0.4) is 0 Å². The summed E-state index contributed by atoms with van der Waals surface area (Å²) in [5.74, 6) is -0.420. The van der Waals surface area contributed by atoms with Crippen molar-refractivity contribution >= 4 is 29.4 Å². The van der Waals surface area contributed by atoms with Gasteiger partial charge >= 0.3 is 5.97 Å². The zero-order chi connectivity index (χ0) is 11.7. The molecule has 0 radical (unpaired) electrons. The van der Waals surface area contributed by atoms with Gasteiger partial charge in [0.1, 0.15) is 5.52 Å². The molecule has 0 amide bonds. The number of hydrogen-bond acceptors (Lipinski definition) is 5. The molecule has 2 aromatic rings. The van der Waals surface area contributed by atoms with E-state index in [0.29, 0.717) is 11.2 Å². The van der Waals surface area contributed by atoms with E-state index < -0.39 is 0 Å². The number of rotatable bonds is 2. The predicted octanol–water partition coefficient (Wildman–Crippen LogP) is 1.58. The lowest BCUT2D eigenvalue weighted by Crippen LogP contribution is -2.16. The molecule has 7 heteroatoms. The Morgan fingerprint density at radius 1 is 1.56 bits per heavy atom. The first-order valence-corrected chi connectivity index (χ1v) is 5.14. The lowest BCUT2D eigenvalue weighted by molar-refractivity contribution is -0.137. The fourth-order valence-corrected chi connectivity index (χ4v) is 1.30. The summed E-state index contributed by atoms with van der Waals surface area (Å²) in [4.78, 5) is 25.0. The molecule has 0 atom stereocenters. The summed E-state index contributed by atoms with van der Waals surface area (Å²) in [5.41, 5.74) is 1.05. The Morgan fingerprint density at radius 3 is 3.00 bits per heavy atom. The molecule has 2 aromatic heterocycles. The molecule has 84 valence electrons. The first kappa shape index (κ1) is 10.7. The van der Waals surface area contributed by atoms with Gasteiger partial charge in [-0.05, 0) is 12.2 Å². The number of aromatic nitrogens is 4. The van der Waals surface area contributed by atoms with E-state index in [9.17, 15) is 4.79 Å². The Morgan fingerprint density at radius 2 is 2.31 bits per heavy atom. The number of aromatic amines is 2. The zero-order valence-corrected chi connectivity index (χ0v) is 9.59. The van der Waals surface area contributed by atoms with Gasteiger partial charge < -0.3 is 14.7 Å². The predicted molar refractivity (Wildman–Crippen MR) is 59.5 cm³/mol. The van der Waals surface area contributed by atoms with Crippen molar-refractivity contribution < 1.29 is 9.53 Å². The zero-order valence-electron chi connectivity index (χ0n) is 8.77. The van der Waals surface area contributed by atoms with Crippen LogP contribution < -0.4 is 4.74 Å². The quantitative estimate of drug-likeness (QED) is 0.613. The van der Waals surface area contributed by atoms with Crippen LogP contribution in [0.25, 0.3) is 11.2 Å². The highest BCUT2D eigenvalue weighted by Crippen LogP contribution is 2.18. The number of imidazole rings is 1. The molecular formula is C9H10N4O2S. The van der Waals surface area contributed by atoms with Crippen molar-refractivity contribution in [1.29, 1.82) is 0 Å². The number of carbonyl (C=O) groups excluding carboxylic acids is 1. The van der Waals surface area contributed by atoms with Gasteiger partial charge in [-0.2, -0.15) is 4.98 Å². The van der Waals surface area contributed by atoms with Gasteiger partial charge in [-0.1, -0.05) is 13.8 Å². The van der Waals surface area contributed by atoms with Crippen molar-refractivity contribution in [3.05, 3.63) is 11.1 Å². The van der Waals surface area contributed by atoms with E-state index in [0.717, 1.165) is 0 Å². The minimum Gasteiger partial charge on any atom is -0.405 e. The maximum atomic E-state index is 11.4. The van der Waals surface area contributed by atoms with Gasteiger partial charge in [0.2, 0.25) is 4.77 Å². The maximum absolute atomic E-state index is 11.4. The van der Waals surface area contributed by atoms with Crippen molar-refractivity contribution in [2.24, 2.45) is 5.92 Å². The number of ether oxygens (including phenoxy) is 1. The van der Waals surface area contributed by atoms with Crippen molar-refractivity contribution in [1.82, 2.24) is 19.9 Å². The molecule has 0 aliphatic carbocycles. The molecule has 0 saturated heterocycles. The molecule has 0 fully saturated rings. The van der Waals surface area contributed by atoms with Crippen LogP contribution in [0.15, 0.2) is 6.33 Å². The van der Waals surface area contributed by atoms with Gasteiger partial charge in [-0.3, -0.25) is 4.79 Å². The second kappa shape index (κ2) is 4.01. The highest BCUT2D eigenvalue weighted by atomic mass is 32.1. The Balaban J connectivity index is 2.47. The van der Waals surface area contributed by atoms with Gasteiger partial charge in [-0.25, -0.2) is 4.98 Å². The molecule has 0 bridgehead atoms. The van der Waals surface area contributed by atoms with Crippen LogP contribution >= 0.6 is 12.2 Å². The smallest absolute Gasteiger partial charge is 0.315 e. The van der Waals surface area contributed by atoms with E-state index >= 15 is 0 Å². The van der Waals surface area contributed by atoms with Crippen molar-refractivity contribution in [3.8, 4) is 5.88 Å². The third kappa shape index (κ3) is 1.94. The molecule has 16 heavy (non-hydrogen) atoms. The molecule has 2 rings (SSSR count). The van der Waals surface area contributed by atoms with E-state index in [2.05, 4.69) is 19.9 Å². The van der Waals surface area contributed by atoms with Gasteiger partial charge in [0, 0.05) is 0 Å². The summed E-state index contributed by atoms with van der Waals surface area (Å²) in [5, 5.41) is 0. The Kier molecular flexibility index (Phi) is 2.69. The summed E-state index contributed by atoms with van der Waals surface area (Å²) >= 11 is 4.90. The second-order valence-corrected chi connectivity index (χ2v) is 3.94. The summed E-state index contributed by atoms with van der Waals surface area (Å²) in [7, 11) is 0. The molecule has 2 heterocycles. The molecule has 0 unspecified atom stereocenters. The number of hydrogen-bond donors (Lipinski definition) is 2. The highest BCUT2D eigenvalue weighted by Gasteiger charge is 2.14. The van der Waals surface area contributed by atoms with E-state index in [1.165, 1.54) is 6.33 Å². The first-order chi connectivity index (χ1) is 7.58. The number of nitrogens with one attached hydrogen (secondary N) is 2. The lowest BCUT2D eigenvalue weighted by atomic mass is 10.2. The number of fused-ring (bicyclic) bond motifs is 1. The fourth-order valence-electron chi connectivity index (χ4n) is 1.12. The minimum absolute atomic E-state index is 0.162. The summed E-state index contributed by atoms with van der Waals surface area (Å²) in [6.07, 6.45) is 1.48. The van der Waals surface area contributed by atoms with Gasteiger partial charge in [0.05, 0.1) is 12.2 Å². The topological polar surface area (TPSA) is 83.7 Å². The molecule has 0 saturated carbocycles. The monoisotopic (exact) mass is 238 g/mol. The molecular weight excluding hydrogens is 228 g/mol. The average molecular weight is 238 g/mol. The Hall–Kier alpha value is -1.76. The number of esters is 1. The van der Waals surface area contributed by atoms with Crippen molar-refractivity contribution in [3.63, 3.8) is 0 Å². The standard InChI is InChI=1S/C9H10N4O2S/c1-4(2)8(14)15-7-5-6(11-3-10-5)12-9(16)13-7/h3-4H,1-2H3,(H2,10,11,12,13,16). The first-order valence-electron chi connectivity index (χ1n) is 4.73. The van der Waals surface area contributed by atoms with Crippen LogP contribution in [0.2, 0.25) is 0 Å². The third-order valence-electron chi connectivity index (χ3n) is 1.95. The van der Waals surface area contributed by atoms with Crippen LogP contribution in [-0.4, -0.2) is 25.9 Å². The highest BCUT2D eigenvalue weighted by molar-refractivity contribution is 7.71. The second-order valence-electron chi connectivity index (χ2n) is 3.55. The van der Waals surface area contributed by atoms with Crippen LogP contribution in [0.5, 0.6) is 5.88 Å². The SMILES string of the molecule is CC(C)C(=O)Oc1nc(=S)[nH]c2nc[nH]c12. The fraction of sp³-hybridized carbons (Fsp3) is 0.333. The maximum Gasteiger partial charge on any atom is 0.315 e. The van der Waals surface area contributed by atoms with Gasteiger partial charge in [0.25, 0.3) is 5.88 Å². The summed E-state index contributed by atoms with van der Waals surface area (Å²) in [6.45, 7) is 3.49. The molecule has 0 aliphatic rings. The third-order valence-corrected chi connectivity index (χ3v) is 2.14. The largest absolute Gasteiger partial charge is 0.405 e. The van der Waals surface area contributed by atoms with Crippen molar-refractivity contribution in [2.75, 3.05) is 0 Å². The molecule has 0 aliphatic heterocycles. The molecule has 0 spiro atoms. The average Bonchev–Trinajstić information content (AvgIpc) is 2.65. The van der Waals surface area contributed by atoms with Gasteiger partial charge in [-0.15, -0.1) is 0 Å². The Bertz CT molecular complexity index is 586. The molecule has 0 aromatic carbocycles. The van der Waals surface area contributed by atoms with Crippen molar-refractivity contribution in [2.45, 2.75) is 13.8 Å². The van der Waals surface area contributed by atoms with Crippen LogP contribution in [0, 0.1) is 10.7 Å². The van der Waals surface area contributed by atoms with E-state index in [4.69, 9.17) is 17.0 Å². The number of H-pyrrole nitrogens is 2. The Labute approximate surface area is 96.1 Å². The van der Waals surface area contributed by atoms with E-state index in [-0.39, 0.29) is 22.5 Å². The van der Waals surface area contributed by atoms with E-state index in [1.54, 1.807) is 13.8 Å². The summed E-state index contributed by atoms with van der Waals surface area (Å²) < 4.78 is 5.35. The van der Waals surface area contributed by atoms with Crippen LogP contribution in [0.4, 0.5) is 0 Å². The van der Waals surface area contributed by atoms with Gasteiger partial charge in [0.15, 0.2) is 5.65 Å². The minimum atomic E-state index is -0.357. The van der Waals surface area contributed by atoms with Crippen LogP contribution in [-0.2, 0) is 4.79 Å². The normalized spacial score (nSPS) is 10.9. The molecule has 2 N–H and O–H groups in total. The lowest BCUT2D eigenvalue weighted by Gasteiger charge is -2.05. The number of nitrogens with zero attached hydrogens (tertiary/aromatic N) is 2.